The van der Waals surface area contributed by atoms with Crippen LogP contribution in [0, 0.1) is 11.6 Å². The second-order valence-electron chi connectivity index (χ2n) is 4.63. The Morgan fingerprint density at radius 3 is 2.65 bits per heavy atom. The number of rotatable bonds is 6. The van der Waals surface area contributed by atoms with Crippen LogP contribution in [0.5, 0.6) is 0 Å². The predicted molar refractivity (Wildman–Crippen MR) is 72.7 cm³/mol. The molecule has 0 spiro atoms. The fourth-order valence-corrected chi connectivity index (χ4v) is 3.22. The van der Waals surface area contributed by atoms with E-state index in [1.165, 1.54) is 7.05 Å². The first kappa shape index (κ1) is 17.0. The van der Waals surface area contributed by atoms with Crippen LogP contribution in [0.25, 0.3) is 0 Å². The first-order valence-electron chi connectivity index (χ1n) is 6.24. The van der Waals surface area contributed by atoms with Gasteiger partial charge in [0, 0.05) is 18.7 Å². The molecule has 2 aromatic rings. The quantitative estimate of drug-likeness (QED) is 0.791. The van der Waals surface area contributed by atoms with Crippen LogP contribution in [0.15, 0.2) is 29.4 Å². The fourth-order valence-electron chi connectivity index (χ4n) is 1.95. The molecule has 0 saturated heterocycles. The number of aromatic nitrogens is 3. The number of benzene rings is 1. The van der Waals surface area contributed by atoms with Gasteiger partial charge in [0.1, 0.15) is 11.6 Å². The molecule has 1 heterocycles. The van der Waals surface area contributed by atoms with Crippen molar-refractivity contribution in [3.8, 4) is 0 Å². The minimum absolute atomic E-state index is 0.285. The molecule has 8 nitrogen and oxygen atoms in total. The largest absolute Gasteiger partial charge is 0.481 e. The summed E-state index contributed by atoms with van der Waals surface area (Å²) in [5, 5.41) is 15.5. The van der Waals surface area contributed by atoms with Gasteiger partial charge in [-0.05, 0) is 6.07 Å². The summed E-state index contributed by atoms with van der Waals surface area (Å²) in [5.41, 5.74) is -0.285. The number of sulfonamides is 1. The van der Waals surface area contributed by atoms with Crippen molar-refractivity contribution in [2.24, 2.45) is 7.05 Å². The maximum atomic E-state index is 13.9. The Balaban J connectivity index is 2.40. The van der Waals surface area contributed by atoms with Crippen molar-refractivity contribution in [2.45, 2.75) is 17.5 Å². The second-order valence-corrected chi connectivity index (χ2v) is 6.29. The molecule has 23 heavy (non-hydrogen) atoms. The molecule has 0 radical (unpaired) electrons. The molecule has 0 aliphatic carbocycles. The number of nitrogens with zero attached hydrogens (tertiary/aromatic N) is 3. The van der Waals surface area contributed by atoms with Gasteiger partial charge in [-0.15, -0.1) is 5.10 Å². The molecule has 0 amide bonds. The van der Waals surface area contributed by atoms with E-state index in [-0.39, 0.29) is 10.6 Å². The lowest BCUT2D eigenvalue weighted by atomic mass is 10.0. The van der Waals surface area contributed by atoms with Gasteiger partial charge in [-0.25, -0.2) is 26.6 Å². The van der Waals surface area contributed by atoms with E-state index in [1.807, 2.05) is 0 Å². The topological polar surface area (TPSA) is 114 Å². The highest BCUT2D eigenvalue weighted by atomic mass is 32.2. The zero-order chi connectivity index (χ0) is 17.2. The fraction of sp³-hybridized carbons (Fsp3) is 0.250. The molecule has 124 valence electrons. The Morgan fingerprint density at radius 1 is 1.43 bits per heavy atom. The Hall–Kier alpha value is -2.40. The average Bonchev–Trinajstić information content (AvgIpc) is 2.84. The molecular weight excluding hydrogens is 334 g/mol. The van der Waals surface area contributed by atoms with Crippen molar-refractivity contribution in [2.75, 3.05) is 0 Å². The molecule has 0 aliphatic rings. The Bertz CT molecular complexity index is 837. The molecule has 2 N–H and O–H groups in total. The summed E-state index contributed by atoms with van der Waals surface area (Å²) >= 11 is 0. The molecule has 0 saturated carbocycles. The van der Waals surface area contributed by atoms with E-state index in [0.29, 0.717) is 6.07 Å². The van der Waals surface area contributed by atoms with E-state index in [4.69, 9.17) is 5.11 Å². The Morgan fingerprint density at radius 2 is 2.13 bits per heavy atom. The summed E-state index contributed by atoms with van der Waals surface area (Å²) in [6.07, 6.45) is 0.230. The van der Waals surface area contributed by atoms with Crippen molar-refractivity contribution in [1.29, 1.82) is 0 Å². The summed E-state index contributed by atoms with van der Waals surface area (Å²) in [7, 11) is -2.88. The molecule has 2 rings (SSSR count). The highest BCUT2D eigenvalue weighted by Crippen LogP contribution is 2.23. The predicted octanol–water partition coefficient (Wildman–Crippen LogP) is 0.588. The van der Waals surface area contributed by atoms with Crippen LogP contribution in [0.4, 0.5) is 8.78 Å². The van der Waals surface area contributed by atoms with Crippen molar-refractivity contribution in [1.82, 2.24) is 19.7 Å². The van der Waals surface area contributed by atoms with E-state index < -0.39 is 40.1 Å². The summed E-state index contributed by atoms with van der Waals surface area (Å²) in [5.74, 6) is -3.27. The lowest BCUT2D eigenvalue weighted by molar-refractivity contribution is -0.137. The number of aryl methyl sites for hydroxylation is 1. The number of halogens is 2. The SMILES string of the molecule is Cn1nncc1S(=O)(=O)N[C@@H](CC(=O)O)c1ccc(F)cc1F. The molecule has 11 heteroatoms. The summed E-state index contributed by atoms with van der Waals surface area (Å²) < 4.78 is 54.4. The Labute approximate surface area is 129 Å². The zero-order valence-corrected chi connectivity index (χ0v) is 12.6. The lowest BCUT2D eigenvalue weighted by Crippen LogP contribution is -2.32. The van der Waals surface area contributed by atoms with Crippen LogP contribution in [0.3, 0.4) is 0 Å². The van der Waals surface area contributed by atoms with Gasteiger partial charge in [0.2, 0.25) is 0 Å². The van der Waals surface area contributed by atoms with Gasteiger partial charge < -0.3 is 5.11 Å². The van der Waals surface area contributed by atoms with E-state index in [0.717, 1.165) is 23.0 Å². The highest BCUT2D eigenvalue weighted by molar-refractivity contribution is 7.89. The second kappa shape index (κ2) is 6.38. The van der Waals surface area contributed by atoms with Crippen molar-refractivity contribution < 1.29 is 27.1 Å². The molecular formula is C12H12F2N4O4S. The standard InChI is InChI=1S/C12H12F2N4O4S/c1-18-11(6-15-17-18)23(21,22)16-10(5-12(19)20)8-3-2-7(13)4-9(8)14/h2-4,6,10,16H,5H2,1H3,(H,19,20)/t10-/m0/s1. The van der Waals surface area contributed by atoms with Crippen molar-refractivity contribution >= 4 is 16.0 Å². The van der Waals surface area contributed by atoms with E-state index in [9.17, 15) is 22.0 Å². The molecule has 0 bridgehead atoms. The smallest absolute Gasteiger partial charge is 0.305 e. The molecule has 0 fully saturated rings. The van der Waals surface area contributed by atoms with Crippen LogP contribution < -0.4 is 4.72 Å². The van der Waals surface area contributed by atoms with E-state index >= 15 is 0 Å². The first-order valence-corrected chi connectivity index (χ1v) is 7.73. The maximum absolute atomic E-state index is 13.9. The first-order chi connectivity index (χ1) is 10.7. The van der Waals surface area contributed by atoms with Gasteiger partial charge in [0.15, 0.2) is 5.03 Å². The number of nitrogens with one attached hydrogen (secondary N) is 1. The summed E-state index contributed by atoms with van der Waals surface area (Å²) in [6, 6.07) is 1.02. The molecule has 0 aliphatic heterocycles. The number of aliphatic carboxylic acids is 1. The third kappa shape index (κ3) is 3.87. The van der Waals surface area contributed by atoms with Crippen molar-refractivity contribution in [3.05, 3.63) is 41.6 Å². The van der Waals surface area contributed by atoms with E-state index in [1.54, 1.807) is 0 Å². The third-order valence-corrected chi connectivity index (χ3v) is 4.48. The molecule has 1 atom stereocenters. The van der Waals surface area contributed by atoms with Crippen molar-refractivity contribution in [3.63, 3.8) is 0 Å². The van der Waals surface area contributed by atoms with Crippen LogP contribution in [0.2, 0.25) is 0 Å². The number of carboxylic acid groups (broad SMARTS) is 1. The van der Waals surface area contributed by atoms with E-state index in [2.05, 4.69) is 15.0 Å². The maximum Gasteiger partial charge on any atom is 0.305 e. The van der Waals surface area contributed by atoms with Crippen LogP contribution in [-0.4, -0.2) is 34.5 Å². The third-order valence-electron chi connectivity index (χ3n) is 2.96. The highest BCUT2D eigenvalue weighted by Gasteiger charge is 2.28. The van der Waals surface area contributed by atoms with Gasteiger partial charge in [0.25, 0.3) is 10.0 Å². The van der Waals surface area contributed by atoms with Gasteiger partial charge in [-0.3, -0.25) is 4.79 Å². The minimum Gasteiger partial charge on any atom is -0.481 e. The Kier molecular flexibility index (Phi) is 4.71. The average molecular weight is 346 g/mol. The van der Waals surface area contributed by atoms with Gasteiger partial charge in [-0.2, -0.15) is 0 Å². The van der Waals surface area contributed by atoms with Crippen LogP contribution >= 0.6 is 0 Å². The van der Waals surface area contributed by atoms with Gasteiger partial charge in [-0.1, -0.05) is 11.3 Å². The molecule has 1 aromatic carbocycles. The zero-order valence-electron chi connectivity index (χ0n) is 11.8. The van der Waals surface area contributed by atoms with Crippen LogP contribution in [0.1, 0.15) is 18.0 Å². The lowest BCUT2D eigenvalue weighted by Gasteiger charge is -2.18. The monoisotopic (exact) mass is 346 g/mol. The number of hydrogen-bond donors (Lipinski definition) is 2. The number of hydrogen-bond acceptors (Lipinski definition) is 5. The van der Waals surface area contributed by atoms with Gasteiger partial charge in [0.05, 0.1) is 18.7 Å². The summed E-state index contributed by atoms with van der Waals surface area (Å²) in [4.78, 5) is 10.9. The van der Waals surface area contributed by atoms with Gasteiger partial charge >= 0.3 is 5.97 Å². The summed E-state index contributed by atoms with van der Waals surface area (Å²) in [6.45, 7) is 0. The minimum atomic E-state index is -4.20. The number of carboxylic acids is 1. The molecule has 0 unspecified atom stereocenters. The number of carbonyl (C=O) groups is 1. The van der Waals surface area contributed by atoms with Crippen LogP contribution in [-0.2, 0) is 21.9 Å². The molecule has 1 aromatic heterocycles. The normalized spacial score (nSPS) is 13.0.